The fourth-order valence-corrected chi connectivity index (χ4v) is 1.59. The molecule has 20 heavy (non-hydrogen) atoms. The SMILES string of the molecule is CC(=O)O.NC(Cc1cc2ccc(F)cc2[nH]1)C(=O)O. The highest BCUT2D eigenvalue weighted by Gasteiger charge is 2.13. The summed E-state index contributed by atoms with van der Waals surface area (Å²) in [6.07, 6.45) is 0.200. The molecule has 0 aliphatic carbocycles. The Morgan fingerprint density at radius 1 is 1.35 bits per heavy atom. The van der Waals surface area contributed by atoms with Gasteiger partial charge in [-0.3, -0.25) is 9.59 Å². The molecule has 1 heterocycles. The number of hydrogen-bond acceptors (Lipinski definition) is 3. The van der Waals surface area contributed by atoms with Gasteiger partial charge in [-0.1, -0.05) is 0 Å². The Hall–Kier alpha value is -2.41. The van der Waals surface area contributed by atoms with Crippen LogP contribution < -0.4 is 5.73 Å². The van der Waals surface area contributed by atoms with Crippen LogP contribution in [-0.4, -0.2) is 33.2 Å². The number of nitrogens with two attached hydrogens (primary N) is 1. The number of nitrogens with one attached hydrogen (secondary N) is 1. The molecule has 0 saturated carbocycles. The normalized spacial score (nSPS) is 11.6. The third-order valence-corrected chi connectivity index (χ3v) is 2.40. The molecule has 1 unspecified atom stereocenters. The molecule has 0 amide bonds. The smallest absolute Gasteiger partial charge is 0.320 e. The third kappa shape index (κ3) is 4.69. The number of carboxylic acids is 2. The molecule has 108 valence electrons. The summed E-state index contributed by atoms with van der Waals surface area (Å²) in [6, 6.07) is 5.19. The average Bonchev–Trinajstić information content (AvgIpc) is 2.69. The molecule has 6 nitrogen and oxygen atoms in total. The van der Waals surface area contributed by atoms with Gasteiger partial charge in [0.2, 0.25) is 0 Å². The molecule has 0 saturated heterocycles. The second kappa shape index (κ2) is 6.67. The molecular formula is C13H15FN2O4. The largest absolute Gasteiger partial charge is 0.481 e. The Balaban J connectivity index is 0.000000444. The second-order valence-corrected chi connectivity index (χ2v) is 4.19. The monoisotopic (exact) mass is 282 g/mol. The number of aliphatic carboxylic acids is 2. The Labute approximate surface area is 114 Å². The number of rotatable bonds is 3. The lowest BCUT2D eigenvalue weighted by Crippen LogP contribution is -2.32. The molecule has 2 aromatic rings. The van der Waals surface area contributed by atoms with Crippen LogP contribution in [0.25, 0.3) is 10.9 Å². The maximum absolute atomic E-state index is 12.9. The van der Waals surface area contributed by atoms with Crippen LogP contribution in [0.5, 0.6) is 0 Å². The highest BCUT2D eigenvalue weighted by molar-refractivity contribution is 5.81. The van der Waals surface area contributed by atoms with E-state index in [1.165, 1.54) is 12.1 Å². The van der Waals surface area contributed by atoms with E-state index in [1.54, 1.807) is 12.1 Å². The van der Waals surface area contributed by atoms with Gasteiger partial charge < -0.3 is 20.9 Å². The molecule has 5 N–H and O–H groups in total. The molecular weight excluding hydrogens is 267 g/mol. The van der Waals surface area contributed by atoms with Gasteiger partial charge in [-0.05, 0) is 29.7 Å². The molecule has 0 spiro atoms. The van der Waals surface area contributed by atoms with Crippen LogP contribution in [0.4, 0.5) is 4.39 Å². The van der Waals surface area contributed by atoms with Crippen molar-refractivity contribution in [2.24, 2.45) is 5.73 Å². The zero-order chi connectivity index (χ0) is 15.3. The molecule has 1 aromatic heterocycles. The Morgan fingerprint density at radius 3 is 2.50 bits per heavy atom. The van der Waals surface area contributed by atoms with E-state index in [-0.39, 0.29) is 12.2 Å². The van der Waals surface area contributed by atoms with E-state index in [0.29, 0.717) is 11.2 Å². The van der Waals surface area contributed by atoms with E-state index in [0.717, 1.165) is 12.3 Å². The van der Waals surface area contributed by atoms with Crippen LogP contribution in [0.2, 0.25) is 0 Å². The summed E-state index contributed by atoms with van der Waals surface area (Å²) in [4.78, 5) is 22.5. The molecule has 2 rings (SSSR count). The Bertz CT molecular complexity index is 620. The molecule has 7 heteroatoms. The van der Waals surface area contributed by atoms with E-state index in [1.807, 2.05) is 0 Å². The first-order valence-corrected chi connectivity index (χ1v) is 5.74. The van der Waals surface area contributed by atoms with E-state index in [4.69, 9.17) is 20.7 Å². The van der Waals surface area contributed by atoms with Crippen molar-refractivity contribution in [2.45, 2.75) is 19.4 Å². The molecule has 0 aliphatic rings. The topological polar surface area (TPSA) is 116 Å². The van der Waals surface area contributed by atoms with Gasteiger partial charge in [0, 0.05) is 24.6 Å². The first kappa shape index (κ1) is 15.6. The fourth-order valence-electron chi connectivity index (χ4n) is 1.59. The first-order chi connectivity index (χ1) is 9.29. The van der Waals surface area contributed by atoms with Crippen molar-refractivity contribution in [1.82, 2.24) is 4.98 Å². The molecule has 1 aromatic carbocycles. The lowest BCUT2D eigenvalue weighted by molar-refractivity contribution is -0.138. The van der Waals surface area contributed by atoms with Gasteiger partial charge in [-0.15, -0.1) is 0 Å². The molecule has 0 radical (unpaired) electrons. The Morgan fingerprint density at radius 2 is 1.95 bits per heavy atom. The predicted octanol–water partition coefficient (Wildman–Crippen LogP) is 1.35. The predicted molar refractivity (Wildman–Crippen MR) is 70.9 cm³/mol. The van der Waals surface area contributed by atoms with Crippen molar-refractivity contribution >= 4 is 22.8 Å². The van der Waals surface area contributed by atoms with Crippen LogP contribution in [0, 0.1) is 5.82 Å². The number of H-pyrrole nitrogens is 1. The van der Waals surface area contributed by atoms with Crippen molar-refractivity contribution in [3.8, 4) is 0 Å². The van der Waals surface area contributed by atoms with Crippen LogP contribution in [0.1, 0.15) is 12.6 Å². The summed E-state index contributed by atoms with van der Waals surface area (Å²) >= 11 is 0. The first-order valence-electron chi connectivity index (χ1n) is 5.74. The van der Waals surface area contributed by atoms with Crippen LogP contribution in [-0.2, 0) is 16.0 Å². The summed E-state index contributed by atoms with van der Waals surface area (Å²) in [6.45, 7) is 1.08. The third-order valence-electron chi connectivity index (χ3n) is 2.40. The molecule has 1 atom stereocenters. The number of hydrogen-bond donors (Lipinski definition) is 4. The lowest BCUT2D eigenvalue weighted by atomic mass is 10.1. The maximum Gasteiger partial charge on any atom is 0.320 e. The zero-order valence-corrected chi connectivity index (χ0v) is 10.8. The summed E-state index contributed by atoms with van der Waals surface area (Å²) in [7, 11) is 0. The summed E-state index contributed by atoms with van der Waals surface area (Å²) in [5.41, 5.74) is 6.74. The fraction of sp³-hybridized carbons (Fsp3) is 0.231. The highest BCUT2D eigenvalue weighted by Crippen LogP contribution is 2.17. The minimum Gasteiger partial charge on any atom is -0.481 e. The highest BCUT2D eigenvalue weighted by atomic mass is 19.1. The van der Waals surface area contributed by atoms with Crippen LogP contribution >= 0.6 is 0 Å². The van der Waals surface area contributed by atoms with Gasteiger partial charge >= 0.3 is 5.97 Å². The number of benzene rings is 1. The van der Waals surface area contributed by atoms with E-state index in [2.05, 4.69) is 4.98 Å². The second-order valence-electron chi connectivity index (χ2n) is 4.19. The van der Waals surface area contributed by atoms with E-state index >= 15 is 0 Å². The van der Waals surface area contributed by atoms with Crippen molar-refractivity contribution in [1.29, 1.82) is 0 Å². The minimum absolute atomic E-state index is 0.200. The number of halogens is 1. The molecule has 0 aliphatic heterocycles. The number of carbonyl (C=O) groups is 2. The summed E-state index contributed by atoms with van der Waals surface area (Å²) < 4.78 is 12.9. The van der Waals surface area contributed by atoms with E-state index in [9.17, 15) is 9.18 Å². The van der Waals surface area contributed by atoms with Gasteiger partial charge in [0.1, 0.15) is 11.9 Å². The van der Waals surface area contributed by atoms with Gasteiger partial charge in [-0.2, -0.15) is 0 Å². The van der Waals surface area contributed by atoms with Crippen molar-refractivity contribution in [3.63, 3.8) is 0 Å². The quantitative estimate of drug-likeness (QED) is 0.678. The molecule has 0 fully saturated rings. The van der Waals surface area contributed by atoms with Crippen molar-refractivity contribution in [3.05, 3.63) is 35.8 Å². The summed E-state index contributed by atoms with van der Waals surface area (Å²) in [5, 5.41) is 16.9. The zero-order valence-electron chi connectivity index (χ0n) is 10.8. The maximum atomic E-state index is 12.9. The number of aromatic nitrogens is 1. The summed E-state index contributed by atoms with van der Waals surface area (Å²) in [5.74, 6) is -2.21. The Kier molecular flexibility index (Phi) is 5.22. The van der Waals surface area contributed by atoms with Crippen LogP contribution in [0.3, 0.4) is 0 Å². The number of aromatic amines is 1. The number of fused-ring (bicyclic) bond motifs is 1. The van der Waals surface area contributed by atoms with Gasteiger partial charge in [-0.25, -0.2) is 4.39 Å². The van der Waals surface area contributed by atoms with Crippen molar-refractivity contribution in [2.75, 3.05) is 0 Å². The lowest BCUT2D eigenvalue weighted by Gasteiger charge is -2.02. The van der Waals surface area contributed by atoms with E-state index < -0.39 is 18.0 Å². The van der Waals surface area contributed by atoms with Crippen LogP contribution in [0.15, 0.2) is 24.3 Å². The van der Waals surface area contributed by atoms with Crippen molar-refractivity contribution < 1.29 is 24.2 Å². The molecule has 0 bridgehead atoms. The van der Waals surface area contributed by atoms with Gasteiger partial charge in [0.05, 0.1) is 0 Å². The minimum atomic E-state index is -1.05. The number of carboxylic acid groups (broad SMARTS) is 2. The average molecular weight is 282 g/mol. The standard InChI is InChI=1S/C11H11FN2O2.C2H4O2/c12-7-2-1-6-3-8(14-10(6)4-7)5-9(13)11(15)16;1-2(3)4/h1-4,9,14H,5,13H2,(H,15,16);1H3,(H,3,4). The van der Waals surface area contributed by atoms with Gasteiger partial charge in [0.15, 0.2) is 0 Å². The van der Waals surface area contributed by atoms with Gasteiger partial charge in [0.25, 0.3) is 5.97 Å².